The van der Waals surface area contributed by atoms with Gasteiger partial charge in [0.2, 0.25) is 10.0 Å². The zero-order valence-corrected chi connectivity index (χ0v) is 22.8. The Morgan fingerprint density at radius 3 is 2.49 bits per heavy atom. The molecule has 0 spiro atoms. The second-order valence-electron chi connectivity index (χ2n) is 8.53. The van der Waals surface area contributed by atoms with E-state index in [0.717, 1.165) is 47.1 Å². The van der Waals surface area contributed by atoms with Crippen molar-refractivity contribution in [1.29, 1.82) is 0 Å². The second kappa shape index (κ2) is 11.8. The van der Waals surface area contributed by atoms with Crippen LogP contribution in [0.3, 0.4) is 0 Å². The number of thiocarbonyl (C=S) groups is 1. The summed E-state index contributed by atoms with van der Waals surface area (Å²) in [4.78, 5) is 0.301. The van der Waals surface area contributed by atoms with Crippen molar-refractivity contribution < 1.29 is 8.42 Å². The molecule has 0 aliphatic carbocycles. The number of fused-ring (bicyclic) bond motifs is 1. The first-order valence-corrected chi connectivity index (χ1v) is 13.9. The van der Waals surface area contributed by atoms with E-state index in [9.17, 15) is 8.42 Å². The van der Waals surface area contributed by atoms with E-state index in [0.29, 0.717) is 23.1 Å². The average molecular weight is 514 g/mol. The van der Waals surface area contributed by atoms with Gasteiger partial charge in [0.25, 0.3) is 0 Å². The highest BCUT2D eigenvalue weighted by molar-refractivity contribution is 7.89. The summed E-state index contributed by atoms with van der Waals surface area (Å²) in [5.74, 6) is 0. The summed E-state index contributed by atoms with van der Waals surface area (Å²) in [5.41, 5.74) is 7.88. The lowest BCUT2D eigenvalue weighted by molar-refractivity contribution is 0.410. The third-order valence-corrected chi connectivity index (χ3v) is 8.12. The molecule has 9 heteroatoms. The number of hydrogen-bond donors (Lipinski definition) is 2. The number of aromatic nitrogens is 1. The highest BCUT2D eigenvalue weighted by atomic mass is 32.2. The molecule has 0 saturated heterocycles. The first-order chi connectivity index (χ1) is 16.7. The van der Waals surface area contributed by atoms with Crippen LogP contribution < -0.4 is 10.7 Å². The van der Waals surface area contributed by atoms with E-state index in [1.54, 1.807) is 22.7 Å². The largest absolute Gasteiger partial charge is 0.347 e. The maximum atomic E-state index is 13.3. The highest BCUT2D eigenvalue weighted by Crippen LogP contribution is 2.26. The van der Waals surface area contributed by atoms with Crippen molar-refractivity contribution in [2.75, 3.05) is 18.4 Å². The molecule has 0 aliphatic heterocycles. The van der Waals surface area contributed by atoms with Crippen LogP contribution in [0.5, 0.6) is 0 Å². The van der Waals surface area contributed by atoms with Crippen molar-refractivity contribution in [1.82, 2.24) is 14.3 Å². The molecule has 0 aliphatic rings. The van der Waals surface area contributed by atoms with Crippen molar-refractivity contribution in [2.24, 2.45) is 5.10 Å². The molecule has 1 heterocycles. The van der Waals surface area contributed by atoms with Crippen LogP contribution in [-0.4, -0.2) is 41.7 Å². The van der Waals surface area contributed by atoms with Gasteiger partial charge in [-0.2, -0.15) is 9.41 Å². The van der Waals surface area contributed by atoms with Crippen molar-refractivity contribution in [3.05, 3.63) is 59.3 Å². The van der Waals surface area contributed by atoms with Gasteiger partial charge in [-0.15, -0.1) is 0 Å². The Hall–Kier alpha value is -2.75. The molecule has 2 aromatic carbocycles. The third-order valence-electron chi connectivity index (χ3n) is 6.03. The molecule has 0 unspecified atom stereocenters. The zero-order chi connectivity index (χ0) is 25.6. The van der Waals surface area contributed by atoms with Crippen molar-refractivity contribution in [3.63, 3.8) is 0 Å². The maximum absolute atomic E-state index is 13.3. The van der Waals surface area contributed by atoms with E-state index in [2.05, 4.69) is 40.3 Å². The van der Waals surface area contributed by atoms with Gasteiger partial charge in [0.15, 0.2) is 5.11 Å². The lowest BCUT2D eigenvalue weighted by Crippen LogP contribution is -2.32. The summed E-state index contributed by atoms with van der Waals surface area (Å²) in [6.45, 7) is 11.9. The SMILES string of the molecule is CCCN(CCC)S(=O)(=O)c1ccc2c(c1)c(/C=N/NC(=S)Nc1cccc(C)c1C)cn2CC. The standard InChI is InChI=1S/C26H35N5O2S2/c1-6-14-31(15-7-2)35(32,33)22-12-13-25-23(16-22)21(18-30(25)8-3)17-27-29-26(34)28-24-11-9-10-19(4)20(24)5/h9-13,16-18H,6-8,14-15H2,1-5H3,(H2,28,29,34)/b27-17+. The summed E-state index contributed by atoms with van der Waals surface area (Å²) in [5, 5.41) is 8.71. The Labute approximate surface area is 214 Å². The van der Waals surface area contributed by atoms with E-state index >= 15 is 0 Å². The van der Waals surface area contributed by atoms with E-state index in [1.165, 1.54) is 5.56 Å². The topological polar surface area (TPSA) is 78.7 Å². The molecule has 7 nitrogen and oxygen atoms in total. The number of hydrogen-bond acceptors (Lipinski definition) is 4. The van der Waals surface area contributed by atoms with Gasteiger partial charge >= 0.3 is 0 Å². The molecular formula is C26H35N5O2S2. The Balaban J connectivity index is 1.87. The number of nitrogens with one attached hydrogen (secondary N) is 2. The van der Waals surface area contributed by atoms with Gasteiger partial charge in [-0.3, -0.25) is 5.43 Å². The molecular weight excluding hydrogens is 478 g/mol. The molecule has 188 valence electrons. The van der Waals surface area contributed by atoms with Gasteiger partial charge in [0.05, 0.1) is 11.1 Å². The molecule has 1 aromatic heterocycles. The van der Waals surface area contributed by atoms with E-state index in [4.69, 9.17) is 12.2 Å². The second-order valence-corrected chi connectivity index (χ2v) is 10.9. The van der Waals surface area contributed by atoms with E-state index in [1.807, 2.05) is 45.2 Å². The van der Waals surface area contributed by atoms with E-state index < -0.39 is 10.0 Å². The summed E-state index contributed by atoms with van der Waals surface area (Å²) in [6.07, 6.45) is 5.20. The normalized spacial score (nSPS) is 12.1. The van der Waals surface area contributed by atoms with Crippen molar-refractivity contribution >= 4 is 50.2 Å². The predicted molar refractivity (Wildman–Crippen MR) is 150 cm³/mol. The first kappa shape index (κ1) is 26.8. The van der Waals surface area contributed by atoms with Crippen LogP contribution in [-0.2, 0) is 16.6 Å². The zero-order valence-electron chi connectivity index (χ0n) is 21.1. The molecule has 3 rings (SSSR count). The van der Waals surface area contributed by atoms with Gasteiger partial charge < -0.3 is 9.88 Å². The Kier molecular flexibility index (Phi) is 9.04. The molecule has 35 heavy (non-hydrogen) atoms. The fourth-order valence-electron chi connectivity index (χ4n) is 4.03. The van der Waals surface area contributed by atoms with Crippen LogP contribution >= 0.6 is 12.2 Å². The minimum absolute atomic E-state index is 0.301. The Bertz CT molecular complexity index is 1320. The number of benzene rings is 2. The molecule has 0 fully saturated rings. The molecule has 2 N–H and O–H groups in total. The van der Waals surface area contributed by atoms with Crippen LogP contribution in [0.4, 0.5) is 5.69 Å². The number of hydrazone groups is 1. The van der Waals surface area contributed by atoms with Gasteiger partial charge in [0.1, 0.15) is 0 Å². The Morgan fingerprint density at radius 2 is 1.83 bits per heavy atom. The summed E-state index contributed by atoms with van der Waals surface area (Å²) >= 11 is 5.40. The van der Waals surface area contributed by atoms with Crippen LogP contribution in [0.15, 0.2) is 52.6 Å². The number of rotatable bonds is 10. The van der Waals surface area contributed by atoms with Crippen LogP contribution in [0, 0.1) is 13.8 Å². The van der Waals surface area contributed by atoms with Gasteiger partial charge in [0, 0.05) is 48.0 Å². The highest BCUT2D eigenvalue weighted by Gasteiger charge is 2.24. The summed E-state index contributed by atoms with van der Waals surface area (Å²) < 4.78 is 30.3. The van der Waals surface area contributed by atoms with Gasteiger partial charge in [-0.25, -0.2) is 8.42 Å². The Morgan fingerprint density at radius 1 is 1.11 bits per heavy atom. The third kappa shape index (κ3) is 6.09. The maximum Gasteiger partial charge on any atom is 0.243 e. The van der Waals surface area contributed by atoms with Crippen LogP contribution in [0.25, 0.3) is 10.9 Å². The predicted octanol–water partition coefficient (Wildman–Crippen LogP) is 5.41. The quantitative estimate of drug-likeness (QED) is 0.215. The minimum Gasteiger partial charge on any atom is -0.347 e. The molecule has 0 amide bonds. The monoisotopic (exact) mass is 513 g/mol. The number of sulfonamides is 1. The van der Waals surface area contributed by atoms with Gasteiger partial charge in [-0.05, 0) is 81.2 Å². The smallest absolute Gasteiger partial charge is 0.243 e. The lowest BCUT2D eigenvalue weighted by atomic mass is 10.1. The van der Waals surface area contributed by atoms with Crippen LogP contribution in [0.2, 0.25) is 0 Å². The number of anilines is 1. The average Bonchev–Trinajstić information content (AvgIpc) is 3.19. The molecule has 0 saturated carbocycles. The fourth-order valence-corrected chi connectivity index (χ4v) is 5.84. The number of aryl methyl sites for hydroxylation is 2. The summed E-state index contributed by atoms with van der Waals surface area (Å²) in [6, 6.07) is 11.3. The van der Waals surface area contributed by atoms with Crippen molar-refractivity contribution in [3.8, 4) is 0 Å². The van der Waals surface area contributed by atoms with Crippen LogP contribution in [0.1, 0.15) is 50.3 Å². The fraction of sp³-hybridized carbons (Fsp3) is 0.385. The molecule has 0 atom stereocenters. The number of nitrogens with zero attached hydrogens (tertiary/aromatic N) is 3. The van der Waals surface area contributed by atoms with Gasteiger partial charge in [-0.1, -0.05) is 26.0 Å². The van der Waals surface area contributed by atoms with Crippen molar-refractivity contribution in [2.45, 2.75) is 58.9 Å². The lowest BCUT2D eigenvalue weighted by Gasteiger charge is -2.21. The minimum atomic E-state index is -3.57. The molecule has 0 radical (unpaired) electrons. The first-order valence-electron chi connectivity index (χ1n) is 12.0. The molecule has 0 bridgehead atoms. The molecule has 3 aromatic rings. The summed E-state index contributed by atoms with van der Waals surface area (Å²) in [7, 11) is -3.57. The van der Waals surface area contributed by atoms with E-state index in [-0.39, 0.29) is 0 Å².